The predicted octanol–water partition coefficient (Wildman–Crippen LogP) is 4.87. The first-order chi connectivity index (χ1) is 16.0. The van der Waals surface area contributed by atoms with Crippen LogP contribution in [0, 0.1) is 12.7 Å². The van der Waals surface area contributed by atoms with Gasteiger partial charge in [0.25, 0.3) is 0 Å². The number of halogens is 1. The van der Waals surface area contributed by atoms with Crippen LogP contribution in [0.3, 0.4) is 0 Å². The number of aromatic nitrogens is 5. The van der Waals surface area contributed by atoms with E-state index in [2.05, 4.69) is 33.9 Å². The zero-order chi connectivity index (χ0) is 22.9. The highest BCUT2D eigenvalue weighted by Gasteiger charge is 2.24. The van der Waals surface area contributed by atoms with Crippen molar-refractivity contribution >= 4 is 23.0 Å². The van der Waals surface area contributed by atoms with Crippen LogP contribution in [0.5, 0.6) is 0 Å². The minimum absolute atomic E-state index is 0.307. The molecule has 0 unspecified atom stereocenters. The second-order valence-corrected chi connectivity index (χ2v) is 9.56. The third-order valence-electron chi connectivity index (χ3n) is 6.43. The van der Waals surface area contributed by atoms with Gasteiger partial charge in [-0.3, -0.25) is 4.68 Å². The van der Waals surface area contributed by atoms with Gasteiger partial charge in [-0.1, -0.05) is 18.7 Å². The molecule has 7 nitrogen and oxygen atoms in total. The van der Waals surface area contributed by atoms with Crippen LogP contribution in [0.15, 0.2) is 52.9 Å². The average Bonchev–Trinajstić information content (AvgIpc) is 3.39. The molecule has 4 aromatic rings. The van der Waals surface area contributed by atoms with Gasteiger partial charge in [0.05, 0.1) is 24.1 Å². The number of nitrogens with two attached hydrogens (primary N) is 1. The molecule has 3 N–H and O–H groups in total. The van der Waals surface area contributed by atoms with Crippen molar-refractivity contribution in [1.82, 2.24) is 29.7 Å². The first-order valence-corrected chi connectivity index (χ1v) is 12.2. The smallest absolute Gasteiger partial charge is 0.155 e. The Kier molecular flexibility index (Phi) is 6.07. The van der Waals surface area contributed by atoms with E-state index in [9.17, 15) is 4.39 Å². The number of fused-ring (bicyclic) bond motifs is 1. The molecule has 0 aromatic carbocycles. The summed E-state index contributed by atoms with van der Waals surface area (Å²) >= 11 is 1.26. The molecule has 172 valence electrons. The molecule has 0 aliphatic heterocycles. The van der Waals surface area contributed by atoms with Gasteiger partial charge in [-0.2, -0.15) is 10.2 Å². The lowest BCUT2D eigenvalue weighted by molar-refractivity contribution is 0.276. The van der Waals surface area contributed by atoms with Crippen LogP contribution < -0.4 is 11.1 Å². The van der Waals surface area contributed by atoms with E-state index in [0.29, 0.717) is 22.8 Å². The molecule has 0 spiro atoms. The quantitative estimate of drug-likeness (QED) is 0.423. The molecule has 1 fully saturated rings. The third-order valence-corrected chi connectivity index (χ3v) is 7.45. The normalized spacial score (nSPS) is 18.8. The SMILES string of the molecule is CCN[C@H]1CC[C@@H](n2ncc(-c3cc(Sc4ncccc4F)c4c(N)cnn4c3)c2C)CC1. The summed E-state index contributed by atoms with van der Waals surface area (Å²) in [5.41, 5.74) is 10.6. The van der Waals surface area contributed by atoms with Crippen molar-refractivity contribution in [2.45, 2.75) is 61.5 Å². The minimum atomic E-state index is -0.360. The molecular formula is C24H28FN7S. The van der Waals surface area contributed by atoms with E-state index < -0.39 is 0 Å². The lowest BCUT2D eigenvalue weighted by Crippen LogP contribution is -2.33. The zero-order valence-corrected chi connectivity index (χ0v) is 19.6. The molecule has 4 aromatic heterocycles. The van der Waals surface area contributed by atoms with E-state index in [-0.39, 0.29) is 5.82 Å². The van der Waals surface area contributed by atoms with Crippen LogP contribution in [0.25, 0.3) is 16.6 Å². The van der Waals surface area contributed by atoms with Crippen molar-refractivity contribution in [3.63, 3.8) is 0 Å². The standard InChI is InChI=1S/C24H28FN7S/c1-3-27-17-6-8-18(9-7-17)32-15(2)19(12-30-32)16-11-22(23-21(26)13-29-31(23)14-16)33-24-20(25)5-4-10-28-24/h4-5,10-14,17-18,27H,3,6-9,26H2,1-2H3/t17-,18+. The van der Waals surface area contributed by atoms with Crippen molar-refractivity contribution in [2.75, 3.05) is 12.3 Å². The molecule has 9 heteroatoms. The molecule has 0 bridgehead atoms. The van der Waals surface area contributed by atoms with E-state index in [1.165, 1.54) is 30.7 Å². The fourth-order valence-electron chi connectivity index (χ4n) is 4.77. The molecule has 1 aliphatic carbocycles. The molecule has 33 heavy (non-hydrogen) atoms. The summed E-state index contributed by atoms with van der Waals surface area (Å²) in [7, 11) is 0. The van der Waals surface area contributed by atoms with Gasteiger partial charge in [0.1, 0.15) is 10.5 Å². The number of rotatable bonds is 6. The average molecular weight is 466 g/mol. The number of nitrogens with one attached hydrogen (secondary N) is 1. The fourth-order valence-corrected chi connectivity index (χ4v) is 5.75. The Bertz CT molecular complexity index is 1270. The van der Waals surface area contributed by atoms with E-state index >= 15 is 0 Å². The van der Waals surface area contributed by atoms with Crippen molar-refractivity contribution < 1.29 is 4.39 Å². The van der Waals surface area contributed by atoms with E-state index in [0.717, 1.165) is 46.6 Å². The maximum absolute atomic E-state index is 14.3. The fraction of sp³-hybridized carbons (Fsp3) is 0.375. The van der Waals surface area contributed by atoms with Gasteiger partial charge in [0, 0.05) is 40.2 Å². The van der Waals surface area contributed by atoms with Crippen LogP contribution in [-0.4, -0.2) is 37.0 Å². The van der Waals surface area contributed by atoms with Gasteiger partial charge >= 0.3 is 0 Å². The summed E-state index contributed by atoms with van der Waals surface area (Å²) in [6.07, 6.45) is 11.7. The summed E-state index contributed by atoms with van der Waals surface area (Å²) < 4.78 is 18.2. The number of anilines is 1. The lowest BCUT2D eigenvalue weighted by atomic mass is 9.91. The largest absolute Gasteiger partial charge is 0.396 e. The predicted molar refractivity (Wildman–Crippen MR) is 129 cm³/mol. The molecule has 5 rings (SSSR count). The Hall–Kier alpha value is -2.91. The summed E-state index contributed by atoms with van der Waals surface area (Å²) in [5, 5.41) is 13.0. The number of hydrogen-bond acceptors (Lipinski definition) is 6. The first-order valence-electron chi connectivity index (χ1n) is 11.4. The summed E-state index contributed by atoms with van der Waals surface area (Å²) in [6, 6.07) is 6.05. The van der Waals surface area contributed by atoms with E-state index in [1.807, 2.05) is 18.5 Å². The Labute approximate surface area is 196 Å². The third kappa shape index (κ3) is 4.22. The molecule has 0 saturated heterocycles. The van der Waals surface area contributed by atoms with Crippen LogP contribution in [0.1, 0.15) is 44.3 Å². The van der Waals surface area contributed by atoms with Gasteiger partial charge in [-0.15, -0.1) is 0 Å². The molecular weight excluding hydrogens is 437 g/mol. The number of nitrogen functional groups attached to an aromatic ring is 1. The van der Waals surface area contributed by atoms with Gasteiger partial charge in [-0.05, 0) is 57.4 Å². The van der Waals surface area contributed by atoms with Gasteiger partial charge < -0.3 is 11.1 Å². The highest BCUT2D eigenvalue weighted by molar-refractivity contribution is 7.99. The van der Waals surface area contributed by atoms with Gasteiger partial charge in [-0.25, -0.2) is 13.9 Å². The van der Waals surface area contributed by atoms with Crippen LogP contribution in [-0.2, 0) is 0 Å². The number of hydrogen-bond donors (Lipinski definition) is 2. The highest BCUT2D eigenvalue weighted by atomic mass is 32.2. The lowest BCUT2D eigenvalue weighted by Gasteiger charge is -2.30. The first kappa shape index (κ1) is 21.9. The Morgan fingerprint density at radius 2 is 2.03 bits per heavy atom. The van der Waals surface area contributed by atoms with E-state index in [4.69, 9.17) is 10.8 Å². The number of pyridine rings is 2. The van der Waals surface area contributed by atoms with Crippen molar-refractivity contribution in [3.05, 3.63) is 54.5 Å². The van der Waals surface area contributed by atoms with Crippen LogP contribution in [0.4, 0.5) is 10.1 Å². The second-order valence-electron chi connectivity index (χ2n) is 8.53. The molecule has 0 atom stereocenters. The maximum atomic E-state index is 14.3. The zero-order valence-electron chi connectivity index (χ0n) is 18.8. The molecule has 0 amide bonds. The summed E-state index contributed by atoms with van der Waals surface area (Å²) in [4.78, 5) is 5.00. The van der Waals surface area contributed by atoms with Crippen LogP contribution in [0.2, 0.25) is 0 Å². The maximum Gasteiger partial charge on any atom is 0.155 e. The van der Waals surface area contributed by atoms with Gasteiger partial charge in [0.2, 0.25) is 0 Å². The molecule has 1 aliphatic rings. The van der Waals surface area contributed by atoms with Crippen molar-refractivity contribution in [3.8, 4) is 11.1 Å². The number of nitrogens with zero attached hydrogens (tertiary/aromatic N) is 5. The van der Waals surface area contributed by atoms with E-state index in [1.54, 1.807) is 23.0 Å². The Balaban J connectivity index is 1.49. The second kappa shape index (κ2) is 9.15. The summed E-state index contributed by atoms with van der Waals surface area (Å²) in [5.74, 6) is -0.360. The Morgan fingerprint density at radius 3 is 2.79 bits per heavy atom. The topological polar surface area (TPSA) is 86.1 Å². The molecule has 4 heterocycles. The molecule has 0 radical (unpaired) electrons. The van der Waals surface area contributed by atoms with Gasteiger partial charge in [0.15, 0.2) is 5.82 Å². The van der Waals surface area contributed by atoms with Crippen LogP contribution >= 0.6 is 11.8 Å². The Morgan fingerprint density at radius 1 is 1.21 bits per heavy atom. The van der Waals surface area contributed by atoms with Crippen molar-refractivity contribution in [2.24, 2.45) is 0 Å². The molecule has 1 saturated carbocycles. The minimum Gasteiger partial charge on any atom is -0.396 e. The highest BCUT2D eigenvalue weighted by Crippen LogP contribution is 2.38. The monoisotopic (exact) mass is 465 g/mol. The van der Waals surface area contributed by atoms with Crippen molar-refractivity contribution in [1.29, 1.82) is 0 Å². The summed E-state index contributed by atoms with van der Waals surface area (Å²) in [6.45, 7) is 5.30.